The summed E-state index contributed by atoms with van der Waals surface area (Å²) in [7, 11) is 0. The van der Waals surface area contributed by atoms with Crippen molar-refractivity contribution in [3.8, 4) is 0 Å². The second kappa shape index (κ2) is 70.9. The van der Waals surface area contributed by atoms with Crippen LogP contribution in [0.4, 0.5) is 0 Å². The molecular formula is C82H153NO10. The summed E-state index contributed by atoms with van der Waals surface area (Å²) in [6.45, 7) is 4.35. The molecule has 0 radical (unpaired) electrons. The fraction of sp³-hybridized carbons (Fsp3) is 0.878. The average molecular weight is 1310 g/mol. The molecule has 546 valence electrons. The summed E-state index contributed by atoms with van der Waals surface area (Å²) in [5.74, 6) is -0.173. The van der Waals surface area contributed by atoms with E-state index in [-0.39, 0.29) is 18.5 Å². The summed E-state index contributed by atoms with van der Waals surface area (Å²) in [5.41, 5.74) is 0. The van der Waals surface area contributed by atoms with Gasteiger partial charge in [-0.25, -0.2) is 0 Å². The Labute approximate surface area is 574 Å². The zero-order valence-corrected chi connectivity index (χ0v) is 61.0. The molecule has 0 aromatic carbocycles. The van der Waals surface area contributed by atoms with Crippen molar-refractivity contribution in [3.05, 3.63) is 48.6 Å². The van der Waals surface area contributed by atoms with Crippen molar-refractivity contribution in [2.24, 2.45) is 0 Å². The Morgan fingerprint density at radius 3 is 1.12 bits per heavy atom. The Hall–Kier alpha value is -2.38. The predicted octanol–water partition coefficient (Wildman–Crippen LogP) is 21.9. The van der Waals surface area contributed by atoms with Crippen LogP contribution in [0.25, 0.3) is 0 Å². The largest absolute Gasteiger partial charge is 0.466 e. The first-order valence-electron chi connectivity index (χ1n) is 40.4. The maximum Gasteiger partial charge on any atom is 0.305 e. The molecule has 0 saturated carbocycles. The van der Waals surface area contributed by atoms with Gasteiger partial charge in [0.2, 0.25) is 5.91 Å². The maximum absolute atomic E-state index is 13.1. The van der Waals surface area contributed by atoms with Gasteiger partial charge in [-0.2, -0.15) is 0 Å². The van der Waals surface area contributed by atoms with Crippen LogP contribution < -0.4 is 5.32 Å². The van der Waals surface area contributed by atoms with E-state index in [2.05, 4.69) is 55.6 Å². The number of hydrogen-bond acceptors (Lipinski definition) is 10. The molecule has 7 atom stereocenters. The number of hydrogen-bond donors (Lipinski definition) is 6. The number of rotatable bonds is 72. The number of aliphatic hydroxyl groups excluding tert-OH is 5. The highest BCUT2D eigenvalue weighted by Gasteiger charge is 2.44. The van der Waals surface area contributed by atoms with Crippen molar-refractivity contribution < 1.29 is 49.3 Å². The molecule has 11 heteroatoms. The first kappa shape index (κ1) is 88.6. The second-order valence-electron chi connectivity index (χ2n) is 28.1. The molecule has 7 unspecified atom stereocenters. The van der Waals surface area contributed by atoms with Crippen LogP contribution in [0.2, 0.25) is 0 Å². The highest BCUT2D eigenvalue weighted by molar-refractivity contribution is 5.76. The van der Waals surface area contributed by atoms with Crippen LogP contribution in [0.1, 0.15) is 399 Å². The van der Waals surface area contributed by atoms with Gasteiger partial charge in [-0.3, -0.25) is 9.59 Å². The quantitative estimate of drug-likeness (QED) is 0.0195. The maximum atomic E-state index is 13.1. The Bertz CT molecular complexity index is 1690. The minimum atomic E-state index is -1.57. The minimum absolute atomic E-state index is 0.00299. The Balaban J connectivity index is 1.87. The van der Waals surface area contributed by atoms with Crippen molar-refractivity contribution in [1.29, 1.82) is 0 Å². The molecule has 6 N–H and O–H groups in total. The molecule has 0 bridgehead atoms. The molecule has 1 aliphatic heterocycles. The summed E-state index contributed by atoms with van der Waals surface area (Å²) in [5, 5.41) is 54.5. The third kappa shape index (κ3) is 59.4. The van der Waals surface area contributed by atoms with Crippen LogP contribution in [0.5, 0.6) is 0 Å². The van der Waals surface area contributed by atoms with Crippen LogP contribution in [0, 0.1) is 0 Å². The third-order valence-electron chi connectivity index (χ3n) is 19.2. The molecule has 1 fully saturated rings. The lowest BCUT2D eigenvalue weighted by molar-refractivity contribution is -0.302. The van der Waals surface area contributed by atoms with E-state index in [1.54, 1.807) is 6.08 Å². The Kier molecular flexibility index (Phi) is 67.6. The van der Waals surface area contributed by atoms with E-state index in [0.717, 1.165) is 64.2 Å². The van der Waals surface area contributed by atoms with E-state index in [9.17, 15) is 35.1 Å². The van der Waals surface area contributed by atoms with Gasteiger partial charge in [0.15, 0.2) is 6.29 Å². The van der Waals surface area contributed by atoms with Crippen LogP contribution in [0.15, 0.2) is 48.6 Å². The summed E-state index contributed by atoms with van der Waals surface area (Å²) >= 11 is 0. The Morgan fingerprint density at radius 1 is 0.398 bits per heavy atom. The summed E-state index contributed by atoms with van der Waals surface area (Å²) in [4.78, 5) is 25.1. The van der Waals surface area contributed by atoms with Gasteiger partial charge >= 0.3 is 5.97 Å². The van der Waals surface area contributed by atoms with E-state index in [1.807, 2.05) is 6.08 Å². The summed E-state index contributed by atoms with van der Waals surface area (Å²) < 4.78 is 16.8. The minimum Gasteiger partial charge on any atom is -0.466 e. The number of carbonyl (C=O) groups excluding carboxylic acids is 2. The fourth-order valence-electron chi connectivity index (χ4n) is 12.8. The molecule has 0 spiro atoms. The van der Waals surface area contributed by atoms with Crippen LogP contribution >= 0.6 is 0 Å². The molecule has 0 aromatic heterocycles. The predicted molar refractivity (Wildman–Crippen MR) is 394 cm³/mol. The van der Waals surface area contributed by atoms with E-state index in [4.69, 9.17) is 14.2 Å². The molecule has 0 aromatic rings. The molecular weight excluding hydrogens is 1160 g/mol. The van der Waals surface area contributed by atoms with E-state index < -0.39 is 49.5 Å². The first-order chi connectivity index (χ1) is 45.7. The monoisotopic (exact) mass is 1310 g/mol. The fourth-order valence-corrected chi connectivity index (χ4v) is 12.8. The summed E-state index contributed by atoms with van der Waals surface area (Å²) in [6, 6.07) is -0.806. The summed E-state index contributed by atoms with van der Waals surface area (Å²) in [6.07, 6.45) is 84.4. The number of nitrogens with one attached hydrogen (secondary N) is 1. The molecule has 0 aliphatic carbocycles. The molecule has 1 saturated heterocycles. The first-order valence-corrected chi connectivity index (χ1v) is 40.4. The zero-order chi connectivity index (χ0) is 67.2. The van der Waals surface area contributed by atoms with Crippen LogP contribution in [0.3, 0.4) is 0 Å². The molecule has 1 heterocycles. The number of ether oxygens (including phenoxy) is 3. The van der Waals surface area contributed by atoms with E-state index in [0.29, 0.717) is 19.4 Å². The Morgan fingerprint density at radius 2 is 0.720 bits per heavy atom. The smallest absolute Gasteiger partial charge is 0.305 e. The number of carbonyl (C=O) groups is 2. The average Bonchev–Trinajstić information content (AvgIpc) is 1.20. The number of aliphatic hydroxyl groups is 5. The van der Waals surface area contributed by atoms with E-state index >= 15 is 0 Å². The zero-order valence-electron chi connectivity index (χ0n) is 61.0. The topological polar surface area (TPSA) is 175 Å². The van der Waals surface area contributed by atoms with Gasteiger partial charge in [0.1, 0.15) is 24.4 Å². The number of esters is 1. The second-order valence-corrected chi connectivity index (χ2v) is 28.1. The van der Waals surface area contributed by atoms with Gasteiger partial charge in [0.05, 0.1) is 32.0 Å². The normalized spacial score (nSPS) is 17.7. The lowest BCUT2D eigenvalue weighted by Gasteiger charge is -2.40. The lowest BCUT2D eigenvalue weighted by Crippen LogP contribution is -2.60. The van der Waals surface area contributed by atoms with E-state index in [1.165, 1.54) is 308 Å². The van der Waals surface area contributed by atoms with Crippen LogP contribution in [-0.2, 0) is 23.8 Å². The molecule has 1 amide bonds. The standard InChI is InChI=1S/C82H153NO10/c1-3-5-7-9-11-13-15-16-42-46-50-54-58-62-66-70-78(87)91-71-67-63-59-55-51-47-44-41-39-37-35-33-31-29-27-25-23-21-19-17-18-20-22-24-26-28-30-32-34-36-38-40-43-45-49-53-57-61-65-69-77(86)83-74(73-92-82-81(90)80(89)79(88)76(72-84)93-82)75(85)68-64-60-56-52-48-14-12-10-8-6-4-2/h11,13,16-18,42,64,68,74-76,79-82,84-85,88-90H,3-10,12,14-15,19-41,43-63,65-67,69-73H2,1-2H3,(H,83,86)/b13-11-,18-17-,42-16-,68-64+. The highest BCUT2D eigenvalue weighted by atomic mass is 16.7. The van der Waals surface area contributed by atoms with Gasteiger partial charge < -0.3 is 45.1 Å². The van der Waals surface area contributed by atoms with Crippen molar-refractivity contribution in [2.45, 2.75) is 442 Å². The van der Waals surface area contributed by atoms with Crippen molar-refractivity contribution in [2.75, 3.05) is 19.8 Å². The third-order valence-corrected chi connectivity index (χ3v) is 19.2. The molecule has 1 aliphatic rings. The lowest BCUT2D eigenvalue weighted by atomic mass is 9.99. The SMILES string of the molecule is CCCCC/C=C\C/C=C\CCCCCCCC(=O)OCCCCCCCCCCCCCCCCCCCC/C=C\CCCCCCCCCCCCCCCCCCCC(=O)NC(COC1OC(CO)C(O)C(O)C1O)C(O)/C=C/CCCCCCCCCCC. The molecule has 93 heavy (non-hydrogen) atoms. The van der Waals surface area contributed by atoms with Crippen LogP contribution in [-0.4, -0.2) is 100 Å². The van der Waals surface area contributed by atoms with Gasteiger partial charge in [0, 0.05) is 12.8 Å². The van der Waals surface area contributed by atoms with Gasteiger partial charge in [-0.05, 0) is 89.9 Å². The molecule has 1 rings (SSSR count). The number of unbranched alkanes of at least 4 members (excludes halogenated alkanes) is 52. The van der Waals surface area contributed by atoms with Crippen molar-refractivity contribution in [1.82, 2.24) is 5.32 Å². The van der Waals surface area contributed by atoms with Gasteiger partial charge in [-0.1, -0.05) is 345 Å². The van der Waals surface area contributed by atoms with Crippen molar-refractivity contribution >= 4 is 11.9 Å². The van der Waals surface area contributed by atoms with Gasteiger partial charge in [-0.15, -0.1) is 0 Å². The number of allylic oxidation sites excluding steroid dienone is 7. The number of amides is 1. The molecule has 11 nitrogen and oxygen atoms in total. The van der Waals surface area contributed by atoms with Crippen molar-refractivity contribution in [3.63, 3.8) is 0 Å². The van der Waals surface area contributed by atoms with Gasteiger partial charge in [0.25, 0.3) is 0 Å². The highest BCUT2D eigenvalue weighted by Crippen LogP contribution is 2.24.